The van der Waals surface area contributed by atoms with Crippen LogP contribution in [-0.2, 0) is 16.0 Å². The van der Waals surface area contributed by atoms with E-state index in [1.165, 1.54) is 17.8 Å². The smallest absolute Gasteiger partial charge is 0.341 e. The molecule has 0 bridgehead atoms. The Labute approximate surface area is 180 Å². The molecule has 2 aliphatic carbocycles. The Kier molecular flexibility index (Phi) is 6.04. The zero-order valence-electron chi connectivity index (χ0n) is 17.1. The number of anilines is 1. The first-order valence-corrected chi connectivity index (χ1v) is 11.1. The number of hydrogen-bond acceptors (Lipinski definition) is 5. The molecule has 0 spiro atoms. The van der Waals surface area contributed by atoms with Crippen LogP contribution in [0.25, 0.3) is 5.57 Å². The Bertz CT molecular complexity index is 1000. The third kappa shape index (κ3) is 4.49. The molecule has 2 atom stereocenters. The molecular formula is C24H25NO4S. The van der Waals surface area contributed by atoms with Crippen LogP contribution < -0.4 is 10.1 Å². The molecule has 1 aromatic heterocycles. The average Bonchev–Trinajstić information content (AvgIpc) is 3.39. The van der Waals surface area contributed by atoms with Crippen molar-refractivity contribution in [2.45, 2.75) is 26.2 Å². The van der Waals surface area contributed by atoms with E-state index in [0.717, 1.165) is 34.8 Å². The lowest BCUT2D eigenvalue weighted by molar-refractivity contribution is -0.115. The maximum atomic E-state index is 12.7. The van der Waals surface area contributed by atoms with E-state index in [0.29, 0.717) is 16.5 Å². The molecule has 5 nitrogen and oxygen atoms in total. The number of rotatable bonds is 7. The first kappa shape index (κ1) is 20.4. The van der Waals surface area contributed by atoms with Crippen LogP contribution in [0.1, 0.15) is 41.3 Å². The predicted molar refractivity (Wildman–Crippen MR) is 119 cm³/mol. The highest BCUT2D eigenvalue weighted by molar-refractivity contribution is 7.15. The highest BCUT2D eigenvalue weighted by atomic mass is 32.1. The van der Waals surface area contributed by atoms with Gasteiger partial charge in [-0.15, -0.1) is 11.3 Å². The number of carbonyl (C=O) groups excluding carboxylic acids is 2. The molecule has 0 saturated heterocycles. The van der Waals surface area contributed by atoms with Gasteiger partial charge in [-0.05, 0) is 54.9 Å². The number of esters is 1. The van der Waals surface area contributed by atoms with Crippen molar-refractivity contribution in [1.82, 2.24) is 0 Å². The molecule has 2 aromatic rings. The molecule has 1 amide bonds. The van der Waals surface area contributed by atoms with Gasteiger partial charge < -0.3 is 14.8 Å². The normalized spacial score (nSPS) is 19.3. The van der Waals surface area contributed by atoms with Gasteiger partial charge in [0.15, 0.2) is 0 Å². The molecule has 2 aliphatic rings. The van der Waals surface area contributed by atoms with Gasteiger partial charge in [0, 0.05) is 10.9 Å². The highest BCUT2D eigenvalue weighted by Crippen LogP contribution is 2.47. The Balaban J connectivity index is 1.56. The molecule has 4 rings (SSSR count). The van der Waals surface area contributed by atoms with Gasteiger partial charge in [0.1, 0.15) is 16.3 Å². The summed E-state index contributed by atoms with van der Waals surface area (Å²) in [5, 5.41) is 5.39. The number of methoxy groups -OCH3 is 1. The first-order chi connectivity index (χ1) is 14.6. The summed E-state index contributed by atoms with van der Waals surface area (Å²) in [4.78, 5) is 25.4. The standard InChI is InChI=1S/C24H25NO4S/c1-3-29-24(27)22-20(17-6-4-5-16-12-18(16)13-17)14-30-23(22)25-21(26)11-15-7-9-19(28-2)10-8-15/h4,6-10,13-14,16,18H,3,5,11-12H2,1-2H3,(H,25,26). The molecule has 1 saturated carbocycles. The van der Waals surface area contributed by atoms with Crippen molar-refractivity contribution in [2.24, 2.45) is 11.8 Å². The van der Waals surface area contributed by atoms with Crippen LogP contribution >= 0.6 is 11.3 Å². The maximum absolute atomic E-state index is 12.7. The fourth-order valence-corrected chi connectivity index (χ4v) is 4.72. The molecular weight excluding hydrogens is 398 g/mol. The lowest BCUT2D eigenvalue weighted by atomic mass is 10.0. The van der Waals surface area contributed by atoms with E-state index in [4.69, 9.17) is 9.47 Å². The van der Waals surface area contributed by atoms with E-state index in [2.05, 4.69) is 23.5 Å². The summed E-state index contributed by atoms with van der Waals surface area (Å²) in [5.74, 6) is 1.48. The Morgan fingerprint density at radius 3 is 2.77 bits per heavy atom. The van der Waals surface area contributed by atoms with Gasteiger partial charge in [-0.2, -0.15) is 0 Å². The van der Waals surface area contributed by atoms with Crippen molar-refractivity contribution in [2.75, 3.05) is 19.0 Å². The monoisotopic (exact) mass is 423 g/mol. The minimum absolute atomic E-state index is 0.174. The lowest BCUT2D eigenvalue weighted by Crippen LogP contribution is -2.16. The van der Waals surface area contributed by atoms with Crippen molar-refractivity contribution >= 4 is 33.8 Å². The van der Waals surface area contributed by atoms with Crippen molar-refractivity contribution in [3.05, 3.63) is 64.6 Å². The molecule has 0 aliphatic heterocycles. The molecule has 1 heterocycles. The summed E-state index contributed by atoms with van der Waals surface area (Å²) in [6.07, 6.45) is 9.01. The summed E-state index contributed by atoms with van der Waals surface area (Å²) < 4.78 is 10.5. The molecule has 156 valence electrons. The predicted octanol–water partition coefficient (Wildman–Crippen LogP) is 5.09. The number of allylic oxidation sites excluding steroid dienone is 4. The van der Waals surface area contributed by atoms with E-state index in [-0.39, 0.29) is 18.9 Å². The third-order valence-electron chi connectivity index (χ3n) is 5.47. The van der Waals surface area contributed by atoms with Crippen molar-refractivity contribution in [1.29, 1.82) is 0 Å². The van der Waals surface area contributed by atoms with Crippen LogP contribution in [-0.4, -0.2) is 25.6 Å². The minimum Gasteiger partial charge on any atom is -0.497 e. The van der Waals surface area contributed by atoms with Crippen LogP contribution in [0.2, 0.25) is 0 Å². The Morgan fingerprint density at radius 2 is 2.03 bits per heavy atom. The second-order valence-electron chi connectivity index (χ2n) is 7.57. The summed E-state index contributed by atoms with van der Waals surface area (Å²) in [5.41, 5.74) is 3.19. The minimum atomic E-state index is -0.403. The van der Waals surface area contributed by atoms with Gasteiger partial charge in [0.25, 0.3) is 0 Å². The average molecular weight is 424 g/mol. The second kappa shape index (κ2) is 8.88. The number of ether oxygens (including phenoxy) is 2. The second-order valence-corrected chi connectivity index (χ2v) is 8.45. The first-order valence-electron chi connectivity index (χ1n) is 10.2. The summed E-state index contributed by atoms with van der Waals surface area (Å²) in [7, 11) is 1.61. The summed E-state index contributed by atoms with van der Waals surface area (Å²) in [6.45, 7) is 2.07. The van der Waals surface area contributed by atoms with Gasteiger partial charge in [0.2, 0.25) is 5.91 Å². The van der Waals surface area contributed by atoms with Crippen molar-refractivity contribution in [3.8, 4) is 5.75 Å². The van der Waals surface area contributed by atoms with Crippen LogP contribution in [0.3, 0.4) is 0 Å². The zero-order valence-corrected chi connectivity index (χ0v) is 18.0. The van der Waals surface area contributed by atoms with Gasteiger partial charge in [0.05, 0.1) is 20.1 Å². The Morgan fingerprint density at radius 1 is 1.23 bits per heavy atom. The quantitative estimate of drug-likeness (QED) is 0.630. The summed E-state index contributed by atoms with van der Waals surface area (Å²) >= 11 is 1.36. The third-order valence-corrected chi connectivity index (χ3v) is 6.36. The van der Waals surface area contributed by atoms with E-state index in [1.807, 2.05) is 29.6 Å². The van der Waals surface area contributed by atoms with Crippen LogP contribution in [0.4, 0.5) is 5.00 Å². The number of nitrogens with one attached hydrogen (secondary N) is 1. The summed E-state index contributed by atoms with van der Waals surface area (Å²) in [6, 6.07) is 7.37. The number of hydrogen-bond donors (Lipinski definition) is 1. The fraction of sp³-hybridized carbons (Fsp3) is 0.333. The number of benzene rings is 1. The molecule has 2 unspecified atom stereocenters. The van der Waals surface area contributed by atoms with E-state index in [9.17, 15) is 9.59 Å². The number of thiophene rings is 1. The van der Waals surface area contributed by atoms with Gasteiger partial charge in [-0.1, -0.05) is 30.4 Å². The van der Waals surface area contributed by atoms with Crippen LogP contribution in [0, 0.1) is 11.8 Å². The SMILES string of the molecule is CCOC(=O)c1c(C2=CC3CC3CC=C2)csc1NC(=O)Cc1ccc(OC)cc1. The van der Waals surface area contributed by atoms with Crippen LogP contribution in [0.15, 0.2) is 47.9 Å². The molecule has 1 aromatic carbocycles. The number of fused-ring (bicyclic) bond motifs is 1. The van der Waals surface area contributed by atoms with E-state index < -0.39 is 5.97 Å². The zero-order chi connectivity index (χ0) is 21.1. The van der Waals surface area contributed by atoms with Crippen molar-refractivity contribution in [3.63, 3.8) is 0 Å². The van der Waals surface area contributed by atoms with Crippen molar-refractivity contribution < 1.29 is 19.1 Å². The van der Waals surface area contributed by atoms with E-state index in [1.54, 1.807) is 14.0 Å². The molecule has 30 heavy (non-hydrogen) atoms. The molecule has 0 radical (unpaired) electrons. The van der Waals surface area contributed by atoms with Gasteiger partial charge in [-0.25, -0.2) is 4.79 Å². The van der Waals surface area contributed by atoms with Gasteiger partial charge >= 0.3 is 5.97 Å². The number of amides is 1. The largest absolute Gasteiger partial charge is 0.497 e. The highest BCUT2D eigenvalue weighted by Gasteiger charge is 2.36. The molecule has 1 fully saturated rings. The Hall–Kier alpha value is -2.86. The van der Waals surface area contributed by atoms with Crippen LogP contribution in [0.5, 0.6) is 5.75 Å². The maximum Gasteiger partial charge on any atom is 0.341 e. The molecule has 6 heteroatoms. The van der Waals surface area contributed by atoms with E-state index >= 15 is 0 Å². The van der Waals surface area contributed by atoms with Gasteiger partial charge in [-0.3, -0.25) is 4.79 Å². The fourth-order valence-electron chi connectivity index (χ4n) is 3.75. The lowest BCUT2D eigenvalue weighted by Gasteiger charge is -2.10. The topological polar surface area (TPSA) is 64.6 Å². The number of carbonyl (C=O) groups is 2. The molecule has 1 N–H and O–H groups in total.